The van der Waals surface area contributed by atoms with Crippen LogP contribution >= 0.6 is 22.6 Å². The van der Waals surface area contributed by atoms with Gasteiger partial charge in [0.25, 0.3) is 5.91 Å². The first kappa shape index (κ1) is 14.0. The van der Waals surface area contributed by atoms with Gasteiger partial charge in [0.15, 0.2) is 0 Å². The van der Waals surface area contributed by atoms with E-state index in [2.05, 4.69) is 22.6 Å². The average molecular weight is 347 g/mol. The Kier molecular flexibility index (Phi) is 4.92. The summed E-state index contributed by atoms with van der Waals surface area (Å²) in [5.41, 5.74) is 0.575. The molecule has 0 heterocycles. The molecule has 17 heavy (non-hydrogen) atoms. The van der Waals surface area contributed by atoms with Crippen LogP contribution in [0.3, 0.4) is 0 Å². The molecule has 0 spiro atoms. The van der Waals surface area contributed by atoms with Crippen molar-refractivity contribution < 1.29 is 14.7 Å². The standard InChI is InChI=1S/C12H14INO3/c1-8(12(16)17)7-14(2)11(15)9-3-5-10(13)6-4-9/h3-6,8H,7H2,1-2H3,(H,16,17). The van der Waals surface area contributed by atoms with Gasteiger partial charge in [0.1, 0.15) is 0 Å². The summed E-state index contributed by atoms with van der Waals surface area (Å²) < 4.78 is 1.06. The van der Waals surface area contributed by atoms with Crippen molar-refractivity contribution in [3.63, 3.8) is 0 Å². The van der Waals surface area contributed by atoms with Crippen LogP contribution in [0, 0.1) is 9.49 Å². The second-order valence-corrected chi connectivity index (χ2v) is 5.18. The number of aliphatic carboxylic acids is 1. The van der Waals surface area contributed by atoms with Crippen molar-refractivity contribution in [3.8, 4) is 0 Å². The van der Waals surface area contributed by atoms with Gasteiger partial charge in [-0.2, -0.15) is 0 Å². The number of carbonyl (C=O) groups excluding carboxylic acids is 1. The third-order valence-electron chi connectivity index (χ3n) is 2.41. The van der Waals surface area contributed by atoms with E-state index in [-0.39, 0.29) is 12.5 Å². The number of nitrogens with zero attached hydrogens (tertiary/aromatic N) is 1. The highest BCUT2D eigenvalue weighted by Crippen LogP contribution is 2.10. The molecule has 1 atom stereocenters. The normalized spacial score (nSPS) is 11.9. The maximum Gasteiger partial charge on any atom is 0.308 e. The molecule has 0 aliphatic carbocycles. The first-order valence-electron chi connectivity index (χ1n) is 5.15. The number of amides is 1. The molecule has 1 rings (SSSR count). The Bertz CT molecular complexity index is 416. The molecule has 1 unspecified atom stereocenters. The molecule has 5 heteroatoms. The topological polar surface area (TPSA) is 57.6 Å². The molecular weight excluding hydrogens is 333 g/mol. The molecule has 92 valence electrons. The van der Waals surface area contributed by atoms with Crippen LogP contribution in [0.2, 0.25) is 0 Å². The van der Waals surface area contributed by atoms with Gasteiger partial charge in [0.05, 0.1) is 5.92 Å². The van der Waals surface area contributed by atoms with E-state index in [1.807, 2.05) is 12.1 Å². The van der Waals surface area contributed by atoms with E-state index in [4.69, 9.17) is 5.11 Å². The largest absolute Gasteiger partial charge is 0.481 e. The second kappa shape index (κ2) is 6.00. The second-order valence-electron chi connectivity index (χ2n) is 3.93. The highest BCUT2D eigenvalue weighted by Gasteiger charge is 2.18. The zero-order chi connectivity index (χ0) is 13.0. The number of halogens is 1. The SMILES string of the molecule is CC(CN(C)C(=O)c1ccc(I)cc1)C(=O)O. The Morgan fingerprint density at radius 1 is 1.35 bits per heavy atom. The molecule has 4 nitrogen and oxygen atoms in total. The lowest BCUT2D eigenvalue weighted by Gasteiger charge is -2.19. The van der Waals surface area contributed by atoms with Gasteiger partial charge in [-0.25, -0.2) is 0 Å². The van der Waals surface area contributed by atoms with Crippen molar-refractivity contribution in [2.45, 2.75) is 6.92 Å². The summed E-state index contributed by atoms with van der Waals surface area (Å²) in [5, 5.41) is 8.78. The lowest BCUT2D eigenvalue weighted by molar-refractivity contribution is -0.141. The van der Waals surface area contributed by atoms with Crippen LogP contribution in [-0.4, -0.2) is 35.5 Å². The van der Waals surface area contributed by atoms with E-state index >= 15 is 0 Å². The Hall–Kier alpha value is -1.11. The zero-order valence-corrected chi connectivity index (χ0v) is 11.8. The molecule has 0 saturated heterocycles. The molecule has 0 bridgehead atoms. The molecule has 0 aliphatic rings. The van der Waals surface area contributed by atoms with Gasteiger partial charge < -0.3 is 10.0 Å². The van der Waals surface area contributed by atoms with Crippen molar-refractivity contribution >= 4 is 34.5 Å². The summed E-state index contributed by atoms with van der Waals surface area (Å²) in [4.78, 5) is 24.1. The fourth-order valence-electron chi connectivity index (χ4n) is 1.38. The summed E-state index contributed by atoms with van der Waals surface area (Å²) in [6.07, 6.45) is 0. The fourth-order valence-corrected chi connectivity index (χ4v) is 1.74. The molecule has 1 amide bonds. The lowest BCUT2D eigenvalue weighted by Crippen LogP contribution is -2.33. The van der Waals surface area contributed by atoms with Gasteiger partial charge in [-0.1, -0.05) is 6.92 Å². The van der Waals surface area contributed by atoms with Gasteiger partial charge in [-0.15, -0.1) is 0 Å². The third-order valence-corrected chi connectivity index (χ3v) is 3.13. The maximum atomic E-state index is 11.9. The highest BCUT2D eigenvalue weighted by atomic mass is 127. The van der Waals surface area contributed by atoms with Gasteiger partial charge in [0, 0.05) is 22.7 Å². The Balaban J connectivity index is 2.70. The number of rotatable bonds is 4. The van der Waals surface area contributed by atoms with Crippen molar-refractivity contribution in [1.82, 2.24) is 4.90 Å². The van der Waals surface area contributed by atoms with Crippen LogP contribution in [-0.2, 0) is 4.79 Å². The van der Waals surface area contributed by atoms with Crippen LogP contribution in [0.15, 0.2) is 24.3 Å². The van der Waals surface area contributed by atoms with Crippen LogP contribution in [0.25, 0.3) is 0 Å². The van der Waals surface area contributed by atoms with E-state index in [0.29, 0.717) is 5.56 Å². The molecule has 0 fully saturated rings. The minimum Gasteiger partial charge on any atom is -0.481 e. The number of benzene rings is 1. The Labute approximate surface area is 114 Å². The molecule has 0 aliphatic heterocycles. The first-order valence-corrected chi connectivity index (χ1v) is 6.23. The molecular formula is C12H14INO3. The molecule has 1 N–H and O–H groups in total. The molecule has 1 aromatic carbocycles. The summed E-state index contributed by atoms with van der Waals surface area (Å²) >= 11 is 2.16. The van der Waals surface area contributed by atoms with Crippen molar-refractivity contribution in [2.24, 2.45) is 5.92 Å². The van der Waals surface area contributed by atoms with Crippen molar-refractivity contribution in [3.05, 3.63) is 33.4 Å². The first-order chi connectivity index (χ1) is 7.91. The summed E-state index contributed by atoms with van der Waals surface area (Å²) in [6.45, 7) is 1.79. The van der Waals surface area contributed by atoms with E-state index in [0.717, 1.165) is 3.57 Å². The van der Waals surface area contributed by atoms with Crippen molar-refractivity contribution in [2.75, 3.05) is 13.6 Å². The average Bonchev–Trinajstić information content (AvgIpc) is 2.28. The summed E-state index contributed by atoms with van der Waals surface area (Å²) in [5.74, 6) is -1.62. The number of carboxylic acids is 1. The number of carbonyl (C=O) groups is 2. The zero-order valence-electron chi connectivity index (χ0n) is 9.68. The molecule has 0 aromatic heterocycles. The highest BCUT2D eigenvalue weighted by molar-refractivity contribution is 14.1. The van der Waals surface area contributed by atoms with E-state index < -0.39 is 11.9 Å². The minimum atomic E-state index is -0.896. The number of hydrogen-bond acceptors (Lipinski definition) is 2. The van der Waals surface area contributed by atoms with E-state index in [9.17, 15) is 9.59 Å². The van der Waals surface area contributed by atoms with Crippen LogP contribution < -0.4 is 0 Å². The van der Waals surface area contributed by atoms with Crippen molar-refractivity contribution in [1.29, 1.82) is 0 Å². The minimum absolute atomic E-state index is 0.158. The van der Waals surface area contributed by atoms with Gasteiger partial charge >= 0.3 is 5.97 Å². The maximum absolute atomic E-state index is 11.9. The van der Waals surface area contributed by atoms with Gasteiger partial charge in [0.2, 0.25) is 0 Å². The van der Waals surface area contributed by atoms with Crippen LogP contribution in [0.1, 0.15) is 17.3 Å². The predicted octanol–water partition coefficient (Wildman–Crippen LogP) is 2.08. The number of hydrogen-bond donors (Lipinski definition) is 1. The smallest absolute Gasteiger partial charge is 0.308 e. The lowest BCUT2D eigenvalue weighted by atomic mass is 10.1. The predicted molar refractivity (Wildman–Crippen MR) is 72.9 cm³/mol. The van der Waals surface area contributed by atoms with Gasteiger partial charge in [-0.3, -0.25) is 9.59 Å². The Morgan fingerprint density at radius 3 is 2.35 bits per heavy atom. The molecule has 0 saturated carbocycles. The summed E-state index contributed by atoms with van der Waals surface area (Å²) in [6, 6.07) is 7.18. The van der Waals surface area contributed by atoms with E-state index in [1.165, 1.54) is 4.90 Å². The fraction of sp³-hybridized carbons (Fsp3) is 0.333. The molecule has 0 radical (unpaired) electrons. The third kappa shape index (κ3) is 3.99. The van der Waals surface area contributed by atoms with Crippen LogP contribution in [0.4, 0.5) is 0 Å². The van der Waals surface area contributed by atoms with E-state index in [1.54, 1.807) is 26.1 Å². The monoisotopic (exact) mass is 347 g/mol. The van der Waals surface area contributed by atoms with Gasteiger partial charge in [-0.05, 0) is 46.9 Å². The molecule has 1 aromatic rings. The quantitative estimate of drug-likeness (QED) is 0.849. The Morgan fingerprint density at radius 2 is 1.88 bits per heavy atom. The van der Waals surface area contributed by atoms with Crippen LogP contribution in [0.5, 0.6) is 0 Å². The summed E-state index contributed by atoms with van der Waals surface area (Å²) in [7, 11) is 1.61. The number of carboxylic acid groups (broad SMARTS) is 1.